The lowest BCUT2D eigenvalue weighted by molar-refractivity contribution is 0.620. The third-order valence-electron chi connectivity index (χ3n) is 3.19. The molecule has 0 atom stereocenters. The molecule has 0 N–H and O–H groups in total. The average molecular weight is 354 g/mol. The second kappa shape index (κ2) is 5.19. The minimum Gasteiger partial charge on any atom is -0.295 e. The van der Waals surface area contributed by atoms with E-state index in [0.29, 0.717) is 16.9 Å². The van der Waals surface area contributed by atoms with Gasteiger partial charge in [-0.15, -0.1) is 11.6 Å². The topological polar surface area (TPSA) is 17.8 Å². The van der Waals surface area contributed by atoms with Gasteiger partial charge in [0.1, 0.15) is 11.6 Å². The summed E-state index contributed by atoms with van der Waals surface area (Å²) < 4.78 is 16.6. The molecule has 0 aliphatic heterocycles. The number of hydrogen-bond acceptors (Lipinski definition) is 1. The summed E-state index contributed by atoms with van der Waals surface area (Å²) in [4.78, 5) is 4.41. The number of fused-ring (bicyclic) bond motifs is 1. The summed E-state index contributed by atoms with van der Waals surface area (Å²) in [6.07, 6.45) is 0. The van der Waals surface area contributed by atoms with Crippen molar-refractivity contribution in [2.75, 3.05) is 0 Å². The smallest absolute Gasteiger partial charge is 0.129 e. The van der Waals surface area contributed by atoms with Crippen LogP contribution < -0.4 is 0 Å². The third kappa shape index (κ3) is 2.23. The summed E-state index contributed by atoms with van der Waals surface area (Å²) in [5, 5.41) is 0. The molecule has 0 aliphatic rings. The number of aromatic nitrogens is 2. The zero-order chi connectivity index (χ0) is 14.3. The number of alkyl halides is 1. The lowest BCUT2D eigenvalue weighted by Gasteiger charge is -2.08. The number of aryl methyl sites for hydroxylation is 1. The molecule has 0 amide bonds. The first kappa shape index (κ1) is 13.6. The summed E-state index contributed by atoms with van der Waals surface area (Å²) in [6.45, 7) is 1.74. The minimum atomic E-state index is -0.252. The molecule has 0 aliphatic carbocycles. The Kier molecular flexibility index (Phi) is 3.52. The van der Waals surface area contributed by atoms with Crippen LogP contribution in [0.15, 0.2) is 40.9 Å². The number of halogens is 3. The van der Waals surface area contributed by atoms with Crippen molar-refractivity contribution in [2.24, 2.45) is 0 Å². The quantitative estimate of drug-likeness (QED) is 0.594. The lowest BCUT2D eigenvalue weighted by Crippen LogP contribution is -1.99. The Hall–Kier alpha value is -1.39. The molecule has 1 aromatic heterocycles. The fourth-order valence-electron chi connectivity index (χ4n) is 2.25. The van der Waals surface area contributed by atoms with Gasteiger partial charge in [-0.3, -0.25) is 4.57 Å². The van der Waals surface area contributed by atoms with Crippen LogP contribution in [0.2, 0.25) is 0 Å². The van der Waals surface area contributed by atoms with Crippen molar-refractivity contribution in [3.63, 3.8) is 0 Å². The molecule has 102 valence electrons. The number of hydrogen-bond donors (Lipinski definition) is 0. The molecule has 20 heavy (non-hydrogen) atoms. The Morgan fingerprint density at radius 3 is 2.80 bits per heavy atom. The fourth-order valence-corrected chi connectivity index (χ4v) is 2.81. The van der Waals surface area contributed by atoms with Crippen LogP contribution in [0.1, 0.15) is 11.4 Å². The summed E-state index contributed by atoms with van der Waals surface area (Å²) in [5.74, 6) is 0.712. The van der Waals surface area contributed by atoms with Gasteiger partial charge in [0.25, 0.3) is 0 Å². The van der Waals surface area contributed by atoms with Crippen LogP contribution in [0.4, 0.5) is 4.39 Å². The molecule has 0 saturated carbocycles. The summed E-state index contributed by atoms with van der Waals surface area (Å²) >= 11 is 9.44. The Morgan fingerprint density at radius 2 is 2.10 bits per heavy atom. The molecule has 5 heteroatoms. The molecule has 2 nitrogen and oxygen atoms in total. The molecular formula is C15H11BrClFN2. The van der Waals surface area contributed by atoms with Gasteiger partial charge in [0.2, 0.25) is 0 Å². The van der Waals surface area contributed by atoms with Gasteiger partial charge < -0.3 is 0 Å². The van der Waals surface area contributed by atoms with E-state index in [9.17, 15) is 4.39 Å². The maximum absolute atomic E-state index is 13.7. The fraction of sp³-hybridized carbons (Fsp3) is 0.133. The largest absolute Gasteiger partial charge is 0.295 e. The second-order valence-corrected chi connectivity index (χ2v) is 5.75. The van der Waals surface area contributed by atoms with Crippen LogP contribution in [0.5, 0.6) is 0 Å². The van der Waals surface area contributed by atoms with E-state index in [0.717, 1.165) is 15.7 Å². The van der Waals surface area contributed by atoms with Gasteiger partial charge in [-0.25, -0.2) is 9.37 Å². The monoisotopic (exact) mass is 352 g/mol. The first-order valence-electron chi connectivity index (χ1n) is 6.09. The van der Waals surface area contributed by atoms with Crippen LogP contribution >= 0.6 is 27.5 Å². The van der Waals surface area contributed by atoms with Crippen molar-refractivity contribution >= 4 is 38.6 Å². The molecular weight excluding hydrogens is 343 g/mol. The third-order valence-corrected chi connectivity index (χ3v) is 3.92. The average Bonchev–Trinajstić information content (AvgIpc) is 2.77. The second-order valence-electron chi connectivity index (χ2n) is 4.57. The first-order chi connectivity index (χ1) is 9.60. The van der Waals surface area contributed by atoms with Crippen molar-refractivity contribution in [1.29, 1.82) is 0 Å². The highest BCUT2D eigenvalue weighted by molar-refractivity contribution is 9.10. The van der Waals surface area contributed by atoms with Crippen LogP contribution in [0, 0.1) is 12.7 Å². The summed E-state index contributed by atoms with van der Waals surface area (Å²) in [6, 6.07) is 11.1. The Balaban J connectivity index is 2.35. The Bertz CT molecular complexity index is 798. The number of nitrogens with zero attached hydrogens (tertiary/aromatic N) is 2. The van der Waals surface area contributed by atoms with Crippen molar-refractivity contribution < 1.29 is 4.39 Å². The standard InChI is InChI=1S/C15H11BrClFN2/c1-9-5-14-13(7-12(9)18)19-15(8-17)20(14)11-4-2-3-10(16)6-11/h2-7H,8H2,1H3. The van der Waals surface area contributed by atoms with Crippen LogP contribution in [-0.4, -0.2) is 9.55 Å². The molecule has 3 rings (SSSR count). The molecule has 0 saturated heterocycles. The van der Waals surface area contributed by atoms with Crippen LogP contribution in [0.3, 0.4) is 0 Å². The van der Waals surface area contributed by atoms with E-state index < -0.39 is 0 Å². The SMILES string of the molecule is Cc1cc2c(cc1F)nc(CCl)n2-c1cccc(Br)c1. The normalized spacial score (nSPS) is 11.2. The number of rotatable bonds is 2. The predicted molar refractivity (Wildman–Crippen MR) is 83.0 cm³/mol. The van der Waals surface area contributed by atoms with Crippen molar-refractivity contribution in [3.05, 3.63) is 58.1 Å². The van der Waals surface area contributed by atoms with Crippen LogP contribution in [-0.2, 0) is 5.88 Å². The zero-order valence-corrected chi connectivity index (χ0v) is 13.0. The van der Waals surface area contributed by atoms with Gasteiger partial charge in [-0.1, -0.05) is 22.0 Å². The van der Waals surface area contributed by atoms with Gasteiger partial charge in [-0.2, -0.15) is 0 Å². The summed E-state index contributed by atoms with van der Waals surface area (Å²) in [5.41, 5.74) is 3.01. The van der Waals surface area contributed by atoms with Crippen LogP contribution in [0.25, 0.3) is 16.7 Å². The predicted octanol–water partition coefficient (Wildman–Crippen LogP) is 4.97. The molecule has 0 spiro atoms. The Labute approximate surface area is 129 Å². The molecule has 0 radical (unpaired) electrons. The van der Waals surface area contributed by atoms with Gasteiger partial charge in [0.15, 0.2) is 0 Å². The molecule has 1 heterocycles. The van der Waals surface area contributed by atoms with E-state index in [4.69, 9.17) is 11.6 Å². The van der Waals surface area contributed by atoms with Gasteiger partial charge >= 0.3 is 0 Å². The van der Waals surface area contributed by atoms with E-state index in [1.807, 2.05) is 28.8 Å². The van der Waals surface area contributed by atoms with Crippen molar-refractivity contribution in [1.82, 2.24) is 9.55 Å². The van der Waals surface area contributed by atoms with E-state index in [1.165, 1.54) is 6.07 Å². The lowest BCUT2D eigenvalue weighted by atomic mass is 10.2. The van der Waals surface area contributed by atoms with Crippen molar-refractivity contribution in [3.8, 4) is 5.69 Å². The van der Waals surface area contributed by atoms with Gasteiger partial charge in [0, 0.05) is 16.2 Å². The van der Waals surface area contributed by atoms with E-state index in [-0.39, 0.29) is 11.7 Å². The van der Waals surface area contributed by atoms with Crippen molar-refractivity contribution in [2.45, 2.75) is 12.8 Å². The molecule has 0 bridgehead atoms. The van der Waals surface area contributed by atoms with E-state index in [1.54, 1.807) is 13.0 Å². The van der Waals surface area contributed by atoms with E-state index >= 15 is 0 Å². The van der Waals surface area contributed by atoms with Gasteiger partial charge in [-0.05, 0) is 36.8 Å². The summed E-state index contributed by atoms with van der Waals surface area (Å²) in [7, 11) is 0. The number of imidazole rings is 1. The zero-order valence-electron chi connectivity index (χ0n) is 10.7. The highest BCUT2D eigenvalue weighted by Crippen LogP contribution is 2.26. The molecule has 3 aromatic rings. The van der Waals surface area contributed by atoms with Gasteiger partial charge in [0.05, 0.1) is 16.9 Å². The minimum absolute atomic E-state index is 0.252. The first-order valence-corrected chi connectivity index (χ1v) is 7.42. The highest BCUT2D eigenvalue weighted by atomic mass is 79.9. The number of benzene rings is 2. The maximum atomic E-state index is 13.7. The molecule has 0 fully saturated rings. The van der Waals surface area contributed by atoms with E-state index in [2.05, 4.69) is 20.9 Å². The Morgan fingerprint density at radius 1 is 1.30 bits per heavy atom. The molecule has 0 unspecified atom stereocenters. The maximum Gasteiger partial charge on any atom is 0.129 e. The highest BCUT2D eigenvalue weighted by Gasteiger charge is 2.14. The molecule has 2 aromatic carbocycles.